The molecule has 0 spiro atoms. The smallest absolute Gasteiger partial charge is 0.338 e. The fraction of sp³-hybridized carbons (Fsp3) is 0.0952. The lowest BCUT2D eigenvalue weighted by Crippen LogP contribution is -2.18. The number of methoxy groups -OCH3 is 1. The van der Waals surface area contributed by atoms with Gasteiger partial charge >= 0.3 is 5.97 Å². The lowest BCUT2D eigenvalue weighted by Gasteiger charge is -2.15. The first-order valence-electron chi connectivity index (χ1n) is 8.97. The van der Waals surface area contributed by atoms with Crippen LogP contribution in [-0.4, -0.2) is 31.5 Å². The number of nitro groups is 1. The molecule has 31 heavy (non-hydrogen) atoms. The Labute approximate surface area is 178 Å². The van der Waals surface area contributed by atoms with Crippen molar-refractivity contribution in [2.45, 2.75) is 11.3 Å². The summed E-state index contributed by atoms with van der Waals surface area (Å²) in [5.74, 6) is -1.07. The SMILES string of the molecule is COc1ccc(S(=O)(=O)Nc2c(C(=O)O)cccc2[N+](=O)[O-])c(Cc2ccccc2)c1. The largest absolute Gasteiger partial charge is 0.497 e. The van der Waals surface area contributed by atoms with E-state index < -0.39 is 37.9 Å². The lowest BCUT2D eigenvalue weighted by atomic mass is 10.0. The number of sulfonamides is 1. The molecule has 0 amide bonds. The van der Waals surface area contributed by atoms with Crippen molar-refractivity contribution in [2.75, 3.05) is 11.8 Å². The van der Waals surface area contributed by atoms with Gasteiger partial charge in [-0.1, -0.05) is 36.4 Å². The summed E-state index contributed by atoms with van der Waals surface area (Å²) >= 11 is 0. The molecule has 0 bridgehead atoms. The molecule has 3 rings (SSSR count). The summed E-state index contributed by atoms with van der Waals surface area (Å²) in [6.45, 7) is 0. The van der Waals surface area contributed by atoms with Crippen molar-refractivity contribution in [1.82, 2.24) is 0 Å². The Morgan fingerprint density at radius 3 is 2.42 bits per heavy atom. The summed E-state index contributed by atoms with van der Waals surface area (Å²) in [5, 5.41) is 20.8. The van der Waals surface area contributed by atoms with Crippen LogP contribution in [0.25, 0.3) is 0 Å². The highest BCUT2D eigenvalue weighted by atomic mass is 32.2. The van der Waals surface area contributed by atoms with E-state index >= 15 is 0 Å². The zero-order chi connectivity index (χ0) is 22.6. The molecule has 2 N–H and O–H groups in total. The first-order chi connectivity index (χ1) is 14.7. The Kier molecular flexibility index (Phi) is 6.21. The van der Waals surface area contributed by atoms with Crippen LogP contribution in [0.5, 0.6) is 5.75 Å². The fourth-order valence-corrected chi connectivity index (χ4v) is 4.38. The summed E-state index contributed by atoms with van der Waals surface area (Å²) < 4.78 is 33.7. The van der Waals surface area contributed by atoms with Crippen molar-refractivity contribution in [3.63, 3.8) is 0 Å². The number of carboxylic acids is 1. The van der Waals surface area contributed by atoms with Gasteiger partial charge in [0.25, 0.3) is 15.7 Å². The van der Waals surface area contributed by atoms with Gasteiger partial charge in [-0.3, -0.25) is 14.8 Å². The third-order valence-electron chi connectivity index (χ3n) is 4.50. The highest BCUT2D eigenvalue weighted by molar-refractivity contribution is 7.92. The minimum atomic E-state index is -4.37. The quantitative estimate of drug-likeness (QED) is 0.401. The van der Waals surface area contributed by atoms with Gasteiger partial charge in [0.05, 0.1) is 22.5 Å². The number of nitrogens with one attached hydrogen (secondary N) is 1. The summed E-state index contributed by atoms with van der Waals surface area (Å²) in [5.41, 5.74) is -0.586. The Morgan fingerprint density at radius 2 is 1.81 bits per heavy atom. The summed E-state index contributed by atoms with van der Waals surface area (Å²) in [6, 6.07) is 16.7. The number of nitro benzene ring substituents is 1. The van der Waals surface area contributed by atoms with Crippen LogP contribution < -0.4 is 9.46 Å². The third kappa shape index (κ3) is 4.81. The summed E-state index contributed by atoms with van der Waals surface area (Å²) in [6.07, 6.45) is 0.247. The summed E-state index contributed by atoms with van der Waals surface area (Å²) in [7, 11) is -2.93. The minimum Gasteiger partial charge on any atom is -0.497 e. The molecular formula is C21H18N2O7S. The van der Waals surface area contributed by atoms with Crippen molar-refractivity contribution < 1.29 is 28.0 Å². The van der Waals surface area contributed by atoms with Gasteiger partial charge in [-0.15, -0.1) is 0 Å². The number of hydrogen-bond acceptors (Lipinski definition) is 6. The number of nitrogens with zero attached hydrogens (tertiary/aromatic N) is 1. The summed E-state index contributed by atoms with van der Waals surface area (Å²) in [4.78, 5) is 21.9. The Balaban J connectivity index is 2.11. The van der Waals surface area contributed by atoms with Gasteiger partial charge in [-0.05, 0) is 41.8 Å². The average Bonchev–Trinajstić information content (AvgIpc) is 2.73. The molecule has 3 aromatic carbocycles. The van der Waals surface area contributed by atoms with Crippen LogP contribution in [-0.2, 0) is 16.4 Å². The number of carbonyl (C=O) groups is 1. The van der Waals surface area contributed by atoms with Crippen LogP contribution in [0.2, 0.25) is 0 Å². The number of para-hydroxylation sites is 1. The predicted molar refractivity (Wildman–Crippen MR) is 113 cm³/mol. The number of rotatable bonds is 8. The van der Waals surface area contributed by atoms with Gasteiger partial charge in [-0.2, -0.15) is 0 Å². The third-order valence-corrected chi connectivity index (χ3v) is 5.95. The highest BCUT2D eigenvalue weighted by Crippen LogP contribution is 2.32. The number of anilines is 1. The molecule has 0 aliphatic heterocycles. The van der Waals surface area contributed by atoms with Crippen LogP contribution >= 0.6 is 0 Å². The van der Waals surface area contributed by atoms with Crippen LogP contribution in [0.3, 0.4) is 0 Å². The van der Waals surface area contributed by atoms with E-state index in [4.69, 9.17) is 4.74 Å². The molecule has 0 atom stereocenters. The minimum absolute atomic E-state index is 0.147. The normalized spacial score (nSPS) is 11.0. The Bertz CT molecular complexity index is 1210. The molecule has 0 radical (unpaired) electrons. The van der Waals surface area contributed by atoms with Crippen molar-refractivity contribution >= 4 is 27.4 Å². The Hall–Kier alpha value is -3.92. The molecule has 0 saturated carbocycles. The van der Waals surface area contributed by atoms with Crippen molar-refractivity contribution in [2.24, 2.45) is 0 Å². The van der Waals surface area contributed by atoms with E-state index in [1.807, 2.05) is 30.3 Å². The van der Waals surface area contributed by atoms with E-state index in [-0.39, 0.29) is 11.3 Å². The van der Waals surface area contributed by atoms with Crippen molar-refractivity contribution in [3.8, 4) is 5.75 Å². The second-order valence-corrected chi connectivity index (χ2v) is 8.15. The number of carboxylic acid groups (broad SMARTS) is 1. The number of aromatic carboxylic acids is 1. The molecule has 10 heteroatoms. The number of ether oxygens (including phenoxy) is 1. The van der Waals surface area contributed by atoms with Crippen molar-refractivity contribution in [1.29, 1.82) is 0 Å². The van der Waals surface area contributed by atoms with Gasteiger partial charge in [0, 0.05) is 6.07 Å². The molecule has 0 fully saturated rings. The molecule has 0 unspecified atom stereocenters. The van der Waals surface area contributed by atoms with E-state index in [1.54, 1.807) is 6.07 Å². The van der Waals surface area contributed by atoms with Crippen LogP contribution in [0.1, 0.15) is 21.5 Å². The van der Waals surface area contributed by atoms with Crippen LogP contribution in [0.4, 0.5) is 11.4 Å². The van der Waals surface area contributed by atoms with Gasteiger partial charge in [0.15, 0.2) is 0 Å². The molecule has 3 aromatic rings. The topological polar surface area (TPSA) is 136 Å². The molecule has 0 saturated heterocycles. The first-order valence-corrected chi connectivity index (χ1v) is 10.5. The van der Waals surface area contributed by atoms with Crippen LogP contribution in [0, 0.1) is 10.1 Å². The number of hydrogen-bond donors (Lipinski definition) is 2. The standard InChI is InChI=1S/C21H18N2O7S/c1-30-16-10-11-19(15(13-16)12-14-6-3-2-4-7-14)31(28,29)22-20-17(21(24)25)8-5-9-18(20)23(26)27/h2-11,13,22H,12H2,1H3,(H,24,25). The fourth-order valence-electron chi connectivity index (χ4n) is 3.07. The first kappa shape index (κ1) is 21.8. The van der Waals surface area contributed by atoms with Gasteiger partial charge in [0.1, 0.15) is 11.4 Å². The average molecular weight is 442 g/mol. The maximum atomic E-state index is 13.2. The predicted octanol–water partition coefficient (Wildman–Crippen LogP) is 3.69. The maximum absolute atomic E-state index is 13.2. The molecule has 0 aromatic heterocycles. The van der Waals surface area contributed by atoms with Gasteiger partial charge in [-0.25, -0.2) is 13.2 Å². The second kappa shape index (κ2) is 8.84. The highest BCUT2D eigenvalue weighted by Gasteiger charge is 2.28. The second-order valence-electron chi connectivity index (χ2n) is 6.50. The van der Waals surface area contributed by atoms with E-state index in [0.29, 0.717) is 11.3 Å². The van der Waals surface area contributed by atoms with E-state index in [0.717, 1.165) is 17.7 Å². The Morgan fingerprint density at radius 1 is 1.10 bits per heavy atom. The van der Waals surface area contributed by atoms with E-state index in [1.165, 1.54) is 25.3 Å². The van der Waals surface area contributed by atoms with Gasteiger partial charge < -0.3 is 9.84 Å². The lowest BCUT2D eigenvalue weighted by molar-refractivity contribution is -0.383. The molecule has 160 valence electrons. The van der Waals surface area contributed by atoms with E-state index in [9.17, 15) is 28.4 Å². The van der Waals surface area contributed by atoms with Crippen LogP contribution in [0.15, 0.2) is 71.6 Å². The molecular weight excluding hydrogens is 424 g/mol. The van der Waals surface area contributed by atoms with Crippen molar-refractivity contribution in [3.05, 3.63) is 93.5 Å². The molecule has 0 aliphatic carbocycles. The number of benzene rings is 3. The molecule has 0 heterocycles. The zero-order valence-electron chi connectivity index (χ0n) is 16.3. The maximum Gasteiger partial charge on any atom is 0.338 e. The molecule has 9 nitrogen and oxygen atoms in total. The van der Waals surface area contributed by atoms with Gasteiger partial charge in [0.2, 0.25) is 0 Å². The zero-order valence-corrected chi connectivity index (χ0v) is 17.1. The van der Waals surface area contributed by atoms with E-state index in [2.05, 4.69) is 4.72 Å². The molecule has 0 aliphatic rings. The monoisotopic (exact) mass is 442 g/mol.